The second-order valence-electron chi connectivity index (χ2n) is 19.7. The molecule has 1 aromatic rings. The van der Waals surface area contributed by atoms with Crippen LogP contribution in [0.15, 0.2) is 36.9 Å². The molecule has 1 unspecified atom stereocenters. The monoisotopic (exact) mass is 843 g/mol. The van der Waals surface area contributed by atoms with E-state index in [9.17, 15) is 38.4 Å². The predicted molar refractivity (Wildman–Crippen MR) is 229 cm³/mol. The molecule has 0 aromatic heterocycles. The van der Waals surface area contributed by atoms with Crippen LogP contribution in [0.2, 0.25) is 0 Å². The van der Waals surface area contributed by atoms with Crippen LogP contribution in [0, 0.1) is 34.5 Å². The van der Waals surface area contributed by atoms with Crippen LogP contribution in [0.4, 0.5) is 9.59 Å². The highest BCUT2D eigenvalue weighted by Crippen LogP contribution is 2.34. The van der Waals surface area contributed by atoms with Crippen molar-refractivity contribution in [3.8, 4) is 12.3 Å². The number of allylic oxidation sites excluding steroid dienone is 1. The number of likely N-dealkylation sites (tertiary alicyclic amines) is 2. The number of nitrogens with zero attached hydrogens (tertiary/aromatic N) is 3. The van der Waals surface area contributed by atoms with Crippen molar-refractivity contribution < 1.29 is 43.1 Å². The molecule has 3 aliphatic heterocycles. The number of amides is 6. The van der Waals surface area contributed by atoms with Gasteiger partial charge in [-0.25, -0.2) is 9.59 Å². The Balaban J connectivity index is 1.59. The Labute approximate surface area is 360 Å². The molecule has 2 fully saturated rings. The third-order valence-electron chi connectivity index (χ3n) is 11.8. The van der Waals surface area contributed by atoms with Gasteiger partial charge in [-0.05, 0) is 46.6 Å². The van der Waals surface area contributed by atoms with Crippen molar-refractivity contribution in [1.29, 1.82) is 0 Å². The number of ether oxygens (including phenoxy) is 1. The summed E-state index contributed by atoms with van der Waals surface area (Å²) >= 11 is 0. The number of fused-ring (bicyclic) bond motifs is 1. The SMILES string of the molecule is C#CCCC(CC(=O)[C@@H]1C[C@@H](OC(=O)N2CCc3ccccc3C2)CN1C(=O)[C@@H](NC(=O)N[C@H](CN1C(=O)CC(C)(C)CC1=O)C(C)(C)C)C(C)(C)C)C(=O)C(=O)CCC=C. The maximum Gasteiger partial charge on any atom is 0.410 e. The number of carbonyl (C=O) groups is 8. The lowest BCUT2D eigenvalue weighted by atomic mass is 9.80. The fraction of sp³-hybridized carbons (Fsp3) is 0.617. The van der Waals surface area contributed by atoms with Gasteiger partial charge in [0.1, 0.15) is 12.1 Å². The Kier molecular flexibility index (Phi) is 15.9. The highest BCUT2D eigenvalue weighted by molar-refractivity contribution is 6.38. The molecule has 1 aromatic carbocycles. The van der Waals surface area contributed by atoms with Crippen LogP contribution in [0.3, 0.4) is 0 Å². The van der Waals surface area contributed by atoms with E-state index in [2.05, 4.69) is 23.1 Å². The van der Waals surface area contributed by atoms with Crippen LogP contribution < -0.4 is 10.6 Å². The van der Waals surface area contributed by atoms with Gasteiger partial charge in [-0.1, -0.05) is 85.7 Å². The Morgan fingerprint density at radius 1 is 0.984 bits per heavy atom. The van der Waals surface area contributed by atoms with Gasteiger partial charge < -0.3 is 25.2 Å². The van der Waals surface area contributed by atoms with E-state index in [1.54, 1.807) is 25.7 Å². The molecule has 0 bridgehead atoms. The standard InChI is InChI=1S/C47H65N5O9/c1-11-13-17-31(40(57)35(53)20-14-12-2)23-36(54)34-24-33(61-44(60)50-22-21-30-18-15-16-19-32(30)27-50)28-51(34)42(58)41(46(6,7)8)49-43(59)48-37(45(3,4)5)29-52-38(55)25-47(9,10)26-39(52)56/h1,12,15-16,18-19,31,33-34,37,41H,2,13-14,17,20-29H2,3-10H3,(H2,48,49,59)/t31?,33-,34+,37-,41-/m1/s1. The van der Waals surface area contributed by atoms with E-state index in [1.807, 2.05) is 58.9 Å². The number of hydrogen-bond acceptors (Lipinski definition) is 9. The van der Waals surface area contributed by atoms with E-state index in [1.165, 1.54) is 15.9 Å². The lowest BCUT2D eigenvalue weighted by Gasteiger charge is -2.40. The van der Waals surface area contributed by atoms with Gasteiger partial charge >= 0.3 is 12.1 Å². The smallest absolute Gasteiger partial charge is 0.410 e. The van der Waals surface area contributed by atoms with Gasteiger partial charge in [0, 0.05) is 64.1 Å². The maximum absolute atomic E-state index is 14.8. The van der Waals surface area contributed by atoms with Crippen LogP contribution in [0.25, 0.3) is 0 Å². The summed E-state index contributed by atoms with van der Waals surface area (Å²) in [7, 11) is 0. The topological polar surface area (TPSA) is 180 Å². The summed E-state index contributed by atoms with van der Waals surface area (Å²) in [6.07, 6.45) is 6.58. The molecule has 14 heteroatoms. The predicted octanol–water partition coefficient (Wildman–Crippen LogP) is 5.55. The van der Waals surface area contributed by atoms with E-state index < -0.39 is 81.8 Å². The number of piperidine rings is 1. The first-order valence-electron chi connectivity index (χ1n) is 21.3. The van der Waals surface area contributed by atoms with E-state index >= 15 is 0 Å². The second-order valence-corrected chi connectivity index (χ2v) is 19.7. The summed E-state index contributed by atoms with van der Waals surface area (Å²) in [6.45, 7) is 18.7. The normalized spacial score (nSPS) is 20.4. The van der Waals surface area contributed by atoms with Crippen LogP contribution in [0.5, 0.6) is 0 Å². The fourth-order valence-corrected chi connectivity index (χ4v) is 8.13. The molecule has 2 N–H and O–H groups in total. The van der Waals surface area contributed by atoms with Crippen molar-refractivity contribution in [2.75, 3.05) is 19.6 Å². The van der Waals surface area contributed by atoms with Crippen LogP contribution in [-0.4, -0.2) is 106 Å². The van der Waals surface area contributed by atoms with Crippen molar-refractivity contribution in [1.82, 2.24) is 25.3 Å². The fourth-order valence-electron chi connectivity index (χ4n) is 8.13. The molecule has 14 nitrogen and oxygen atoms in total. The first kappa shape index (κ1) is 48.3. The maximum atomic E-state index is 14.8. The Morgan fingerprint density at radius 2 is 1.62 bits per heavy atom. The molecular weight excluding hydrogens is 779 g/mol. The molecule has 0 saturated carbocycles. The summed E-state index contributed by atoms with van der Waals surface area (Å²) in [5.41, 5.74) is 0.133. The third kappa shape index (κ3) is 12.8. The number of hydrogen-bond donors (Lipinski definition) is 2. The molecule has 3 heterocycles. The summed E-state index contributed by atoms with van der Waals surface area (Å²) in [5, 5.41) is 5.73. The molecule has 0 radical (unpaired) electrons. The van der Waals surface area contributed by atoms with Crippen LogP contribution in [0.1, 0.15) is 118 Å². The average Bonchev–Trinajstić information content (AvgIpc) is 3.60. The summed E-state index contributed by atoms with van der Waals surface area (Å²) in [6, 6.07) is 4.02. The summed E-state index contributed by atoms with van der Waals surface area (Å²) in [4.78, 5) is 113. The number of terminal acetylenes is 1. The minimum absolute atomic E-state index is 0.0595. The van der Waals surface area contributed by atoms with Crippen LogP contribution >= 0.6 is 0 Å². The minimum Gasteiger partial charge on any atom is -0.444 e. The second kappa shape index (κ2) is 20.0. The van der Waals surface area contributed by atoms with E-state index in [-0.39, 0.29) is 69.8 Å². The van der Waals surface area contributed by atoms with Crippen molar-refractivity contribution in [3.63, 3.8) is 0 Å². The van der Waals surface area contributed by atoms with Gasteiger partial charge in [0.05, 0.1) is 18.6 Å². The third-order valence-corrected chi connectivity index (χ3v) is 11.8. The summed E-state index contributed by atoms with van der Waals surface area (Å²) < 4.78 is 5.99. The molecule has 332 valence electrons. The molecule has 3 aliphatic rings. The number of Topliss-reactive ketones (excluding diaryl/α,β-unsaturated/α-hetero) is 3. The van der Waals surface area contributed by atoms with Crippen molar-refractivity contribution in [3.05, 3.63) is 48.0 Å². The van der Waals surface area contributed by atoms with Gasteiger partial charge in [-0.15, -0.1) is 18.9 Å². The number of urea groups is 1. The molecular formula is C47H65N5O9. The van der Waals surface area contributed by atoms with Gasteiger partial charge in [0.15, 0.2) is 11.6 Å². The molecule has 0 aliphatic carbocycles. The minimum atomic E-state index is -1.21. The molecule has 2 saturated heterocycles. The zero-order valence-corrected chi connectivity index (χ0v) is 37.3. The van der Waals surface area contributed by atoms with Crippen LogP contribution in [-0.2, 0) is 46.5 Å². The van der Waals surface area contributed by atoms with E-state index in [4.69, 9.17) is 11.2 Å². The zero-order chi connectivity index (χ0) is 45.4. The highest BCUT2D eigenvalue weighted by atomic mass is 16.6. The van der Waals surface area contributed by atoms with Gasteiger partial charge in [0.25, 0.3) is 0 Å². The lowest BCUT2D eigenvalue weighted by Crippen LogP contribution is -2.62. The molecule has 5 atom stereocenters. The largest absolute Gasteiger partial charge is 0.444 e. The van der Waals surface area contributed by atoms with E-state index in [0.29, 0.717) is 25.9 Å². The van der Waals surface area contributed by atoms with Crippen molar-refractivity contribution in [2.45, 2.75) is 144 Å². The molecule has 0 spiro atoms. The zero-order valence-electron chi connectivity index (χ0n) is 37.3. The molecule has 61 heavy (non-hydrogen) atoms. The van der Waals surface area contributed by atoms with Gasteiger partial charge in [0.2, 0.25) is 23.5 Å². The number of carbonyl (C=O) groups excluding carboxylic acids is 8. The highest BCUT2D eigenvalue weighted by Gasteiger charge is 2.47. The van der Waals surface area contributed by atoms with Crippen molar-refractivity contribution in [2.24, 2.45) is 22.2 Å². The Hall–Kier alpha value is -5.32. The van der Waals surface area contributed by atoms with Gasteiger partial charge in [-0.2, -0.15) is 0 Å². The molecule has 4 rings (SSSR count). The average molecular weight is 844 g/mol. The molecule has 6 amide bonds. The Bertz CT molecular complexity index is 1900. The number of benzene rings is 1. The Morgan fingerprint density at radius 3 is 2.21 bits per heavy atom. The number of rotatable bonds is 16. The quantitative estimate of drug-likeness (QED) is 0.0935. The summed E-state index contributed by atoms with van der Waals surface area (Å²) in [5.74, 6) is -1.67. The number of nitrogens with one attached hydrogen (secondary N) is 2. The lowest BCUT2D eigenvalue weighted by molar-refractivity contribution is -0.153. The number of imide groups is 1. The van der Waals surface area contributed by atoms with Crippen molar-refractivity contribution >= 4 is 47.2 Å². The number of ketones is 3. The first-order chi connectivity index (χ1) is 28.4. The first-order valence-corrected chi connectivity index (χ1v) is 21.3. The van der Waals surface area contributed by atoms with E-state index in [0.717, 1.165) is 11.1 Å². The van der Waals surface area contributed by atoms with Gasteiger partial charge in [-0.3, -0.25) is 33.7 Å².